The number of rotatable bonds is 4. The van der Waals surface area contributed by atoms with Crippen molar-refractivity contribution >= 4 is 5.97 Å². The van der Waals surface area contributed by atoms with E-state index in [2.05, 4.69) is 0 Å². The molecule has 0 unspecified atom stereocenters. The number of halogens is 1. The molecule has 134 valence electrons. The fourth-order valence-corrected chi connectivity index (χ4v) is 2.12. The molecule has 1 fully saturated rings. The molecule has 1 aliphatic rings. The summed E-state index contributed by atoms with van der Waals surface area (Å²) in [5.41, 5.74) is -0.781. The van der Waals surface area contributed by atoms with Gasteiger partial charge in [0, 0.05) is 12.0 Å². The maximum atomic E-state index is 14.1. The van der Waals surface area contributed by atoms with Crippen molar-refractivity contribution in [1.29, 1.82) is 0 Å². The Kier molecular flexibility index (Phi) is 5.50. The third-order valence-electron chi connectivity index (χ3n) is 3.38. The molecule has 1 aliphatic heterocycles. The second-order valence-corrected chi connectivity index (χ2v) is 7.34. The highest BCUT2D eigenvalue weighted by Gasteiger charge is 2.28. The van der Waals surface area contributed by atoms with Gasteiger partial charge >= 0.3 is 5.97 Å². The van der Waals surface area contributed by atoms with Crippen molar-refractivity contribution in [2.24, 2.45) is 5.92 Å². The van der Waals surface area contributed by atoms with Crippen LogP contribution in [0.2, 0.25) is 0 Å². The van der Waals surface area contributed by atoms with Gasteiger partial charge in [0.05, 0.1) is 25.4 Å². The Balaban J connectivity index is 1.92. The van der Waals surface area contributed by atoms with Crippen LogP contribution in [0.15, 0.2) is 18.2 Å². The van der Waals surface area contributed by atoms with Crippen molar-refractivity contribution in [3.05, 3.63) is 29.6 Å². The summed E-state index contributed by atoms with van der Waals surface area (Å²) in [6.45, 7) is 10.3. The number of esters is 1. The van der Waals surface area contributed by atoms with Gasteiger partial charge in [-0.05, 0) is 46.8 Å². The van der Waals surface area contributed by atoms with Crippen LogP contribution in [0, 0.1) is 11.7 Å². The third-order valence-corrected chi connectivity index (χ3v) is 3.38. The Morgan fingerprint density at radius 2 is 1.92 bits per heavy atom. The monoisotopic (exact) mass is 340 g/mol. The van der Waals surface area contributed by atoms with Crippen molar-refractivity contribution in [2.45, 2.75) is 46.0 Å². The molecule has 5 nitrogen and oxygen atoms in total. The van der Waals surface area contributed by atoms with Crippen LogP contribution in [0.5, 0.6) is 5.75 Å². The lowest BCUT2D eigenvalue weighted by Gasteiger charge is -2.34. The smallest absolute Gasteiger partial charge is 0.341 e. The molecule has 1 aromatic carbocycles. The van der Waals surface area contributed by atoms with Crippen LogP contribution in [-0.2, 0) is 14.2 Å². The summed E-state index contributed by atoms with van der Waals surface area (Å²) in [6, 6.07) is 4.11. The van der Waals surface area contributed by atoms with Crippen LogP contribution in [0.3, 0.4) is 0 Å². The van der Waals surface area contributed by atoms with E-state index in [0.29, 0.717) is 25.6 Å². The molecule has 0 aromatic heterocycles. The van der Waals surface area contributed by atoms with Crippen molar-refractivity contribution < 1.29 is 28.1 Å². The SMILES string of the molecule is CC(C)(C)OC(=O)c1ccc(OCC2COC(C)(C)OC2)cc1F. The minimum absolute atomic E-state index is 0.0756. The van der Waals surface area contributed by atoms with E-state index in [1.54, 1.807) is 26.8 Å². The molecule has 0 aliphatic carbocycles. The molecule has 1 aromatic rings. The maximum absolute atomic E-state index is 14.1. The maximum Gasteiger partial charge on any atom is 0.341 e. The van der Waals surface area contributed by atoms with Crippen LogP contribution in [0.25, 0.3) is 0 Å². The Labute approximate surface area is 142 Å². The number of hydrogen-bond donors (Lipinski definition) is 0. The Morgan fingerprint density at radius 3 is 2.46 bits per heavy atom. The van der Waals surface area contributed by atoms with Crippen molar-refractivity contribution in [1.82, 2.24) is 0 Å². The first-order chi connectivity index (χ1) is 11.1. The summed E-state index contributed by atoms with van der Waals surface area (Å²) in [7, 11) is 0. The van der Waals surface area contributed by atoms with Crippen LogP contribution in [0.4, 0.5) is 4.39 Å². The number of carbonyl (C=O) groups excluding carboxylic acids is 1. The van der Waals surface area contributed by atoms with E-state index in [0.717, 1.165) is 0 Å². The van der Waals surface area contributed by atoms with E-state index >= 15 is 0 Å². The summed E-state index contributed by atoms with van der Waals surface area (Å²) in [6.07, 6.45) is 0. The Bertz CT molecular complexity index is 582. The van der Waals surface area contributed by atoms with Crippen molar-refractivity contribution in [2.75, 3.05) is 19.8 Å². The van der Waals surface area contributed by atoms with Gasteiger partial charge in [0.25, 0.3) is 0 Å². The minimum atomic E-state index is -0.692. The molecule has 0 saturated carbocycles. The molecule has 0 radical (unpaired) electrons. The number of hydrogen-bond acceptors (Lipinski definition) is 5. The molecule has 0 N–H and O–H groups in total. The quantitative estimate of drug-likeness (QED) is 0.785. The molecular formula is C18H25FO5. The first-order valence-electron chi connectivity index (χ1n) is 7.99. The Morgan fingerprint density at radius 1 is 1.29 bits per heavy atom. The van der Waals surface area contributed by atoms with Gasteiger partial charge in [-0.1, -0.05) is 0 Å². The molecule has 2 rings (SSSR count). The molecule has 0 bridgehead atoms. The van der Waals surface area contributed by atoms with E-state index in [-0.39, 0.29) is 11.5 Å². The molecule has 1 saturated heterocycles. The van der Waals surface area contributed by atoms with Gasteiger partial charge in [-0.3, -0.25) is 0 Å². The predicted octanol–water partition coefficient (Wildman–Crippen LogP) is 3.56. The van der Waals surface area contributed by atoms with Crippen LogP contribution in [-0.4, -0.2) is 37.2 Å². The third kappa shape index (κ3) is 5.46. The first kappa shape index (κ1) is 18.7. The molecular weight excluding hydrogens is 315 g/mol. The minimum Gasteiger partial charge on any atom is -0.493 e. The van der Waals surface area contributed by atoms with Gasteiger partial charge in [0.1, 0.15) is 17.2 Å². The van der Waals surface area contributed by atoms with Gasteiger partial charge < -0.3 is 18.9 Å². The number of carbonyl (C=O) groups is 1. The molecule has 1 heterocycles. The summed E-state index contributed by atoms with van der Waals surface area (Å²) < 4.78 is 36.0. The molecule has 0 amide bonds. The molecule has 24 heavy (non-hydrogen) atoms. The summed E-state index contributed by atoms with van der Waals surface area (Å²) in [5, 5.41) is 0. The van der Waals surface area contributed by atoms with Crippen molar-refractivity contribution in [3.63, 3.8) is 0 Å². The zero-order valence-corrected chi connectivity index (χ0v) is 14.8. The van der Waals surface area contributed by atoms with Gasteiger partial charge in [-0.15, -0.1) is 0 Å². The van der Waals surface area contributed by atoms with Gasteiger partial charge in [0.15, 0.2) is 5.79 Å². The van der Waals surface area contributed by atoms with E-state index in [1.807, 2.05) is 13.8 Å². The van der Waals surface area contributed by atoms with E-state index < -0.39 is 23.2 Å². The van der Waals surface area contributed by atoms with Crippen molar-refractivity contribution in [3.8, 4) is 5.75 Å². The zero-order valence-electron chi connectivity index (χ0n) is 14.8. The normalized spacial score (nSPS) is 18.2. The average Bonchev–Trinajstić information content (AvgIpc) is 2.44. The second-order valence-electron chi connectivity index (χ2n) is 7.34. The topological polar surface area (TPSA) is 54.0 Å². The van der Waals surface area contributed by atoms with Crippen LogP contribution < -0.4 is 4.74 Å². The summed E-state index contributed by atoms with van der Waals surface area (Å²) in [4.78, 5) is 11.9. The van der Waals surface area contributed by atoms with Gasteiger partial charge in [-0.2, -0.15) is 0 Å². The molecule has 6 heteroatoms. The Hall–Kier alpha value is -1.66. The average molecular weight is 340 g/mol. The predicted molar refractivity (Wildman–Crippen MR) is 86.5 cm³/mol. The lowest BCUT2D eigenvalue weighted by Crippen LogP contribution is -2.41. The largest absolute Gasteiger partial charge is 0.493 e. The zero-order chi connectivity index (χ0) is 18.0. The lowest BCUT2D eigenvalue weighted by molar-refractivity contribution is -0.264. The fraction of sp³-hybridized carbons (Fsp3) is 0.611. The van der Waals surface area contributed by atoms with Gasteiger partial charge in [0.2, 0.25) is 0 Å². The summed E-state index contributed by atoms with van der Waals surface area (Å²) in [5.74, 6) is -1.50. The highest BCUT2D eigenvalue weighted by atomic mass is 19.1. The number of ether oxygens (including phenoxy) is 4. The molecule has 0 spiro atoms. The van der Waals surface area contributed by atoms with E-state index in [9.17, 15) is 9.18 Å². The van der Waals surface area contributed by atoms with E-state index in [1.165, 1.54) is 12.1 Å². The van der Waals surface area contributed by atoms with Crippen LogP contribution in [0.1, 0.15) is 45.0 Å². The highest BCUT2D eigenvalue weighted by Crippen LogP contribution is 2.23. The van der Waals surface area contributed by atoms with E-state index in [4.69, 9.17) is 18.9 Å². The van der Waals surface area contributed by atoms with Gasteiger partial charge in [-0.25, -0.2) is 9.18 Å². The number of benzene rings is 1. The summed E-state index contributed by atoms with van der Waals surface area (Å²) >= 11 is 0. The first-order valence-corrected chi connectivity index (χ1v) is 7.99. The van der Waals surface area contributed by atoms with Crippen LogP contribution >= 0.6 is 0 Å². The highest BCUT2D eigenvalue weighted by molar-refractivity contribution is 5.90. The second kappa shape index (κ2) is 7.07. The molecule has 0 atom stereocenters. The fourth-order valence-electron chi connectivity index (χ4n) is 2.12. The lowest BCUT2D eigenvalue weighted by atomic mass is 10.1. The standard InChI is InChI=1S/C18H25FO5/c1-17(2,3)24-16(20)14-7-6-13(8-15(14)19)21-9-12-10-22-18(4,5)23-11-12/h6-8,12H,9-11H2,1-5H3.